The third kappa shape index (κ3) is 3.27. The maximum absolute atomic E-state index is 13.1. The van der Waals surface area contributed by atoms with Crippen LogP contribution in [0.4, 0.5) is 0 Å². The minimum atomic E-state index is -4.02. The van der Waals surface area contributed by atoms with Gasteiger partial charge in [-0.15, -0.1) is 0 Å². The summed E-state index contributed by atoms with van der Waals surface area (Å²) < 4.78 is 33.9. The van der Waals surface area contributed by atoms with Gasteiger partial charge in [0.05, 0.1) is 17.9 Å². The van der Waals surface area contributed by atoms with Gasteiger partial charge in [0.1, 0.15) is 5.75 Å². The molecule has 1 atom stereocenters. The number of carbonyl (C=O) groups excluding carboxylic acids is 1. The first kappa shape index (κ1) is 19.5. The molecular formula is C23H23NO4S. The first-order valence-corrected chi connectivity index (χ1v) is 10.9. The van der Waals surface area contributed by atoms with E-state index in [2.05, 4.69) is 18.6 Å². The van der Waals surface area contributed by atoms with Gasteiger partial charge in [-0.05, 0) is 34.9 Å². The number of hydrogen-bond acceptors (Lipinski definition) is 4. The average molecular weight is 410 g/mol. The monoisotopic (exact) mass is 409 g/mol. The van der Waals surface area contributed by atoms with E-state index in [1.165, 1.54) is 6.07 Å². The maximum Gasteiger partial charge on any atom is 0.264 e. The quantitative estimate of drug-likeness (QED) is 0.704. The van der Waals surface area contributed by atoms with Crippen molar-refractivity contribution in [1.82, 2.24) is 4.72 Å². The molecule has 4 rings (SSSR count). The van der Waals surface area contributed by atoms with Gasteiger partial charge >= 0.3 is 0 Å². The van der Waals surface area contributed by atoms with Crippen molar-refractivity contribution in [3.63, 3.8) is 0 Å². The van der Waals surface area contributed by atoms with Crippen LogP contribution in [0.1, 0.15) is 37.3 Å². The molecule has 3 aromatic carbocycles. The Balaban J connectivity index is 1.72. The first-order valence-electron chi connectivity index (χ1n) is 9.46. The fourth-order valence-electron chi connectivity index (χ4n) is 4.31. The summed E-state index contributed by atoms with van der Waals surface area (Å²) in [6.45, 7) is 4.11. The second-order valence-corrected chi connectivity index (χ2v) is 9.66. The van der Waals surface area contributed by atoms with Crippen LogP contribution in [-0.2, 0) is 20.2 Å². The maximum atomic E-state index is 13.1. The Morgan fingerprint density at radius 3 is 2.48 bits per heavy atom. The van der Waals surface area contributed by atoms with E-state index in [1.54, 1.807) is 31.4 Å². The van der Waals surface area contributed by atoms with Gasteiger partial charge in [0.15, 0.2) is 0 Å². The van der Waals surface area contributed by atoms with E-state index < -0.39 is 21.8 Å². The molecule has 1 aliphatic carbocycles. The lowest BCUT2D eigenvalue weighted by atomic mass is 9.86. The van der Waals surface area contributed by atoms with Crippen LogP contribution < -0.4 is 9.46 Å². The van der Waals surface area contributed by atoms with Crippen LogP contribution in [0.25, 0.3) is 10.8 Å². The number of amides is 1. The van der Waals surface area contributed by atoms with Crippen molar-refractivity contribution < 1.29 is 17.9 Å². The summed E-state index contributed by atoms with van der Waals surface area (Å²) in [5, 5.41) is 1.39. The predicted octanol–water partition coefficient (Wildman–Crippen LogP) is 4.12. The third-order valence-corrected chi connectivity index (χ3v) is 7.07. The zero-order chi connectivity index (χ0) is 20.8. The molecular weight excluding hydrogens is 386 g/mol. The Kier molecular flexibility index (Phi) is 4.62. The highest BCUT2D eigenvalue weighted by atomic mass is 32.2. The highest BCUT2D eigenvalue weighted by Crippen LogP contribution is 2.49. The fraction of sp³-hybridized carbons (Fsp3) is 0.261. The summed E-state index contributed by atoms with van der Waals surface area (Å²) in [5.74, 6) is -0.522. The zero-order valence-electron chi connectivity index (χ0n) is 16.6. The summed E-state index contributed by atoms with van der Waals surface area (Å²) in [4.78, 5) is 13.2. The van der Waals surface area contributed by atoms with E-state index in [0.29, 0.717) is 17.6 Å². The number of carbonyl (C=O) groups is 1. The molecule has 0 bridgehead atoms. The topological polar surface area (TPSA) is 72.5 Å². The van der Waals surface area contributed by atoms with E-state index in [-0.39, 0.29) is 10.3 Å². The molecule has 0 aromatic heterocycles. The van der Waals surface area contributed by atoms with Crippen molar-refractivity contribution in [3.05, 3.63) is 71.8 Å². The fourth-order valence-corrected chi connectivity index (χ4v) is 5.56. The summed E-state index contributed by atoms with van der Waals surface area (Å²) in [7, 11) is -2.46. The summed E-state index contributed by atoms with van der Waals surface area (Å²) in [6.07, 6.45) is 0.513. The molecule has 1 unspecified atom stereocenters. The number of methoxy groups -OCH3 is 1. The van der Waals surface area contributed by atoms with Crippen molar-refractivity contribution >= 4 is 26.7 Å². The molecule has 150 valence electrons. The summed E-state index contributed by atoms with van der Waals surface area (Å²) in [5.41, 5.74) is 1.53. The Hall–Kier alpha value is -2.86. The van der Waals surface area contributed by atoms with Gasteiger partial charge in [-0.2, -0.15) is 0 Å². The normalized spacial score (nSPS) is 17.7. The smallest absolute Gasteiger partial charge is 0.264 e. The van der Waals surface area contributed by atoms with Crippen LogP contribution in [0.2, 0.25) is 0 Å². The van der Waals surface area contributed by atoms with E-state index in [9.17, 15) is 13.2 Å². The number of nitrogens with one attached hydrogen (secondary N) is 1. The molecule has 1 aliphatic rings. The lowest BCUT2D eigenvalue weighted by Gasteiger charge is -2.19. The molecule has 0 heterocycles. The van der Waals surface area contributed by atoms with Gasteiger partial charge in [0.2, 0.25) is 5.91 Å². The Morgan fingerprint density at radius 2 is 1.72 bits per heavy atom. The standard InChI is InChI=1S/C23H23NO4S/c1-23(2)14-17(21-18(23)11-7-12-19(21)28-3)22(25)24-29(26,27)20-13-6-9-15-8-4-5-10-16(15)20/h4-13,17H,14H2,1-3H3,(H,24,25). The molecule has 0 radical (unpaired) electrons. The molecule has 29 heavy (non-hydrogen) atoms. The second-order valence-electron chi connectivity index (χ2n) is 8.01. The molecule has 0 aliphatic heterocycles. The SMILES string of the molecule is COc1cccc2c1C(C(=O)NS(=O)(=O)c1cccc3ccccc13)CC2(C)C. The van der Waals surface area contributed by atoms with Crippen molar-refractivity contribution in [2.24, 2.45) is 0 Å². The molecule has 0 saturated carbocycles. The van der Waals surface area contributed by atoms with Crippen LogP contribution in [0.15, 0.2) is 65.6 Å². The predicted molar refractivity (Wildman–Crippen MR) is 113 cm³/mol. The Morgan fingerprint density at radius 1 is 1.03 bits per heavy atom. The zero-order valence-corrected chi connectivity index (χ0v) is 17.4. The number of benzene rings is 3. The minimum absolute atomic E-state index is 0.0986. The molecule has 0 saturated heterocycles. The van der Waals surface area contributed by atoms with Crippen LogP contribution in [0, 0.1) is 0 Å². The average Bonchev–Trinajstić information content (AvgIpc) is 2.98. The van der Waals surface area contributed by atoms with Gasteiger partial charge in [0.25, 0.3) is 10.0 Å². The van der Waals surface area contributed by atoms with Crippen LogP contribution in [0.5, 0.6) is 5.75 Å². The Labute approximate surface area is 170 Å². The van der Waals surface area contributed by atoms with Crippen molar-refractivity contribution in [2.75, 3.05) is 7.11 Å². The number of sulfonamides is 1. The first-order chi connectivity index (χ1) is 13.7. The molecule has 5 nitrogen and oxygen atoms in total. The molecule has 0 fully saturated rings. The van der Waals surface area contributed by atoms with E-state index in [1.807, 2.05) is 30.3 Å². The van der Waals surface area contributed by atoms with E-state index in [4.69, 9.17) is 4.74 Å². The van der Waals surface area contributed by atoms with Crippen molar-refractivity contribution in [1.29, 1.82) is 0 Å². The number of hydrogen-bond donors (Lipinski definition) is 1. The molecule has 0 spiro atoms. The largest absolute Gasteiger partial charge is 0.496 e. The van der Waals surface area contributed by atoms with Crippen molar-refractivity contribution in [3.8, 4) is 5.75 Å². The highest BCUT2D eigenvalue weighted by molar-refractivity contribution is 7.90. The number of rotatable bonds is 4. The van der Waals surface area contributed by atoms with Gasteiger partial charge < -0.3 is 4.74 Å². The lowest BCUT2D eigenvalue weighted by Crippen LogP contribution is -2.34. The van der Waals surface area contributed by atoms with Crippen LogP contribution in [0.3, 0.4) is 0 Å². The van der Waals surface area contributed by atoms with E-state index >= 15 is 0 Å². The highest BCUT2D eigenvalue weighted by Gasteiger charge is 2.43. The van der Waals surface area contributed by atoms with Crippen molar-refractivity contribution in [2.45, 2.75) is 36.5 Å². The molecule has 6 heteroatoms. The van der Waals surface area contributed by atoms with Gasteiger partial charge in [-0.25, -0.2) is 13.1 Å². The van der Waals surface area contributed by atoms with Crippen LogP contribution in [-0.4, -0.2) is 21.4 Å². The van der Waals surface area contributed by atoms with Gasteiger partial charge in [-0.1, -0.05) is 62.4 Å². The lowest BCUT2D eigenvalue weighted by molar-refractivity contribution is -0.121. The molecule has 1 N–H and O–H groups in total. The van der Waals surface area contributed by atoms with Gasteiger partial charge in [0, 0.05) is 10.9 Å². The second kappa shape index (κ2) is 6.88. The molecule has 3 aromatic rings. The van der Waals surface area contributed by atoms with Crippen LogP contribution >= 0.6 is 0 Å². The summed E-state index contributed by atoms with van der Waals surface area (Å²) in [6, 6.07) is 17.9. The molecule has 1 amide bonds. The number of fused-ring (bicyclic) bond motifs is 2. The number of ether oxygens (including phenoxy) is 1. The van der Waals surface area contributed by atoms with Gasteiger partial charge in [-0.3, -0.25) is 4.79 Å². The Bertz CT molecular complexity index is 1210. The van der Waals surface area contributed by atoms with E-state index in [0.717, 1.165) is 16.5 Å². The third-order valence-electron chi connectivity index (χ3n) is 5.67. The summed E-state index contributed by atoms with van der Waals surface area (Å²) >= 11 is 0. The minimum Gasteiger partial charge on any atom is -0.496 e.